The number of hydrogen-bond donors (Lipinski definition) is 2. The molecule has 1 fully saturated rings. The van der Waals surface area contributed by atoms with Crippen molar-refractivity contribution in [3.05, 3.63) is 0 Å². The SMILES string of the molecule is CCCCCNC(=O)CNC(=O)C1CCCCC1. The van der Waals surface area contributed by atoms with Crippen molar-refractivity contribution < 1.29 is 9.59 Å². The molecule has 0 aromatic heterocycles. The highest BCUT2D eigenvalue weighted by atomic mass is 16.2. The third kappa shape index (κ3) is 6.03. The molecule has 4 heteroatoms. The number of carbonyl (C=O) groups is 2. The molecule has 0 bridgehead atoms. The Morgan fingerprint density at radius 1 is 1.06 bits per heavy atom. The van der Waals surface area contributed by atoms with E-state index in [1.807, 2.05) is 0 Å². The van der Waals surface area contributed by atoms with Crippen LogP contribution < -0.4 is 10.6 Å². The molecule has 0 unspecified atom stereocenters. The van der Waals surface area contributed by atoms with E-state index in [9.17, 15) is 9.59 Å². The van der Waals surface area contributed by atoms with Crippen LogP contribution in [0.4, 0.5) is 0 Å². The molecule has 2 amide bonds. The van der Waals surface area contributed by atoms with Gasteiger partial charge in [0.05, 0.1) is 6.54 Å². The van der Waals surface area contributed by atoms with Crippen molar-refractivity contribution in [2.45, 2.75) is 58.3 Å². The van der Waals surface area contributed by atoms with Crippen molar-refractivity contribution in [3.63, 3.8) is 0 Å². The first-order chi connectivity index (χ1) is 8.74. The molecule has 1 rings (SSSR count). The van der Waals surface area contributed by atoms with E-state index >= 15 is 0 Å². The van der Waals surface area contributed by atoms with Gasteiger partial charge < -0.3 is 10.6 Å². The molecule has 1 saturated carbocycles. The summed E-state index contributed by atoms with van der Waals surface area (Å²) >= 11 is 0. The minimum atomic E-state index is -0.0738. The topological polar surface area (TPSA) is 58.2 Å². The summed E-state index contributed by atoms with van der Waals surface area (Å²) in [6.45, 7) is 2.97. The van der Waals surface area contributed by atoms with E-state index < -0.39 is 0 Å². The highest BCUT2D eigenvalue weighted by Crippen LogP contribution is 2.23. The Hall–Kier alpha value is -1.06. The molecule has 2 N–H and O–H groups in total. The summed E-state index contributed by atoms with van der Waals surface area (Å²) in [4.78, 5) is 23.3. The zero-order valence-electron chi connectivity index (χ0n) is 11.5. The summed E-state index contributed by atoms with van der Waals surface area (Å²) in [6, 6.07) is 0. The molecule has 0 spiro atoms. The Kier molecular flexibility index (Phi) is 7.46. The Balaban J connectivity index is 2.07. The van der Waals surface area contributed by atoms with Gasteiger partial charge in [-0.3, -0.25) is 9.59 Å². The molecule has 0 aromatic rings. The second-order valence-electron chi connectivity index (χ2n) is 5.11. The molecular formula is C14H26N2O2. The van der Waals surface area contributed by atoms with E-state index in [-0.39, 0.29) is 24.3 Å². The monoisotopic (exact) mass is 254 g/mol. The number of unbranched alkanes of at least 4 members (excludes halogenated alkanes) is 2. The van der Waals surface area contributed by atoms with Crippen molar-refractivity contribution in [2.24, 2.45) is 5.92 Å². The van der Waals surface area contributed by atoms with Crippen LogP contribution in [0.2, 0.25) is 0 Å². The Labute approximate surface area is 110 Å². The lowest BCUT2D eigenvalue weighted by atomic mass is 9.89. The number of nitrogens with one attached hydrogen (secondary N) is 2. The van der Waals surface area contributed by atoms with Gasteiger partial charge in [0.15, 0.2) is 0 Å². The van der Waals surface area contributed by atoms with Crippen LogP contribution in [0.3, 0.4) is 0 Å². The fourth-order valence-electron chi connectivity index (χ4n) is 2.34. The maximum atomic E-state index is 11.8. The van der Waals surface area contributed by atoms with Gasteiger partial charge in [0.1, 0.15) is 0 Å². The number of hydrogen-bond acceptors (Lipinski definition) is 2. The third-order valence-corrected chi connectivity index (χ3v) is 3.50. The first-order valence-corrected chi connectivity index (χ1v) is 7.28. The van der Waals surface area contributed by atoms with Crippen LogP contribution in [0.15, 0.2) is 0 Å². The summed E-state index contributed by atoms with van der Waals surface area (Å²) < 4.78 is 0. The third-order valence-electron chi connectivity index (χ3n) is 3.50. The van der Waals surface area contributed by atoms with Crippen LogP contribution in [-0.2, 0) is 9.59 Å². The lowest BCUT2D eigenvalue weighted by Gasteiger charge is -2.20. The Morgan fingerprint density at radius 2 is 1.78 bits per heavy atom. The van der Waals surface area contributed by atoms with Crippen LogP contribution in [-0.4, -0.2) is 24.9 Å². The standard InChI is InChI=1S/C14H26N2O2/c1-2-3-7-10-15-13(17)11-16-14(18)12-8-5-4-6-9-12/h12H,2-11H2,1H3,(H,15,17)(H,16,18). The van der Waals surface area contributed by atoms with E-state index in [0.29, 0.717) is 6.54 Å². The van der Waals surface area contributed by atoms with Gasteiger partial charge in [-0.15, -0.1) is 0 Å². The van der Waals surface area contributed by atoms with Gasteiger partial charge in [0.25, 0.3) is 0 Å². The highest BCUT2D eigenvalue weighted by molar-refractivity contribution is 5.85. The lowest BCUT2D eigenvalue weighted by molar-refractivity contribution is -0.129. The first kappa shape index (κ1) is 15.0. The van der Waals surface area contributed by atoms with Crippen molar-refractivity contribution in [3.8, 4) is 0 Å². The molecule has 0 atom stereocenters. The van der Waals surface area contributed by atoms with E-state index in [4.69, 9.17) is 0 Å². The van der Waals surface area contributed by atoms with Gasteiger partial charge in [-0.1, -0.05) is 39.0 Å². The van der Waals surface area contributed by atoms with Crippen LogP contribution in [0.5, 0.6) is 0 Å². The highest BCUT2D eigenvalue weighted by Gasteiger charge is 2.20. The quantitative estimate of drug-likeness (QED) is 0.683. The second-order valence-corrected chi connectivity index (χ2v) is 5.11. The van der Waals surface area contributed by atoms with Gasteiger partial charge in [-0.05, 0) is 19.3 Å². The Bertz CT molecular complexity index is 261. The fourth-order valence-corrected chi connectivity index (χ4v) is 2.34. The van der Waals surface area contributed by atoms with Crippen molar-refractivity contribution in [1.29, 1.82) is 0 Å². The summed E-state index contributed by atoms with van der Waals surface area (Å²) in [6.07, 6.45) is 8.76. The minimum absolute atomic E-state index is 0.0541. The average Bonchev–Trinajstić information content (AvgIpc) is 2.42. The van der Waals surface area contributed by atoms with Gasteiger partial charge >= 0.3 is 0 Å². The normalized spacial score (nSPS) is 16.3. The Morgan fingerprint density at radius 3 is 2.44 bits per heavy atom. The molecule has 104 valence electrons. The first-order valence-electron chi connectivity index (χ1n) is 7.28. The van der Waals surface area contributed by atoms with Crippen molar-refractivity contribution in [1.82, 2.24) is 10.6 Å². The molecule has 0 saturated heterocycles. The molecule has 0 heterocycles. The van der Waals surface area contributed by atoms with E-state index in [0.717, 1.165) is 44.9 Å². The van der Waals surface area contributed by atoms with E-state index in [1.165, 1.54) is 6.42 Å². The molecule has 0 aliphatic heterocycles. The van der Waals surface area contributed by atoms with Crippen LogP contribution in [0, 0.1) is 5.92 Å². The molecule has 1 aliphatic carbocycles. The van der Waals surface area contributed by atoms with Gasteiger partial charge in [0, 0.05) is 12.5 Å². The predicted molar refractivity (Wildman–Crippen MR) is 72.1 cm³/mol. The van der Waals surface area contributed by atoms with Crippen LogP contribution in [0.25, 0.3) is 0 Å². The molecule has 0 aromatic carbocycles. The molecule has 1 aliphatic rings. The molecular weight excluding hydrogens is 228 g/mol. The average molecular weight is 254 g/mol. The summed E-state index contributed by atoms with van der Waals surface area (Å²) in [5.41, 5.74) is 0. The van der Waals surface area contributed by atoms with E-state index in [1.54, 1.807) is 0 Å². The van der Waals surface area contributed by atoms with Crippen molar-refractivity contribution >= 4 is 11.8 Å². The van der Waals surface area contributed by atoms with E-state index in [2.05, 4.69) is 17.6 Å². The summed E-state index contributed by atoms with van der Waals surface area (Å²) in [7, 11) is 0. The maximum Gasteiger partial charge on any atom is 0.239 e. The summed E-state index contributed by atoms with van der Waals surface area (Å²) in [5, 5.41) is 5.56. The minimum Gasteiger partial charge on any atom is -0.355 e. The smallest absolute Gasteiger partial charge is 0.239 e. The molecule has 4 nitrogen and oxygen atoms in total. The van der Waals surface area contributed by atoms with Crippen LogP contribution >= 0.6 is 0 Å². The van der Waals surface area contributed by atoms with Gasteiger partial charge in [0.2, 0.25) is 11.8 Å². The zero-order chi connectivity index (χ0) is 13.2. The predicted octanol–water partition coefficient (Wildman–Crippen LogP) is 1.99. The number of amides is 2. The number of carbonyl (C=O) groups excluding carboxylic acids is 2. The maximum absolute atomic E-state index is 11.8. The van der Waals surface area contributed by atoms with Gasteiger partial charge in [-0.25, -0.2) is 0 Å². The molecule has 0 radical (unpaired) electrons. The largest absolute Gasteiger partial charge is 0.355 e. The molecule has 18 heavy (non-hydrogen) atoms. The lowest BCUT2D eigenvalue weighted by Crippen LogP contribution is -2.40. The van der Waals surface area contributed by atoms with Crippen LogP contribution in [0.1, 0.15) is 58.3 Å². The number of rotatable bonds is 7. The van der Waals surface area contributed by atoms with Crippen molar-refractivity contribution in [2.75, 3.05) is 13.1 Å². The fraction of sp³-hybridized carbons (Fsp3) is 0.857. The van der Waals surface area contributed by atoms with Gasteiger partial charge in [-0.2, -0.15) is 0 Å². The summed E-state index contributed by atoms with van der Waals surface area (Å²) in [5.74, 6) is 0.111. The second kappa shape index (κ2) is 8.95. The zero-order valence-corrected chi connectivity index (χ0v) is 11.5.